The van der Waals surface area contributed by atoms with Gasteiger partial charge in [0.15, 0.2) is 5.76 Å². The van der Waals surface area contributed by atoms with Gasteiger partial charge in [0.2, 0.25) is 17.7 Å². The Labute approximate surface area is 477 Å². The number of fused-ring (bicyclic) bond motifs is 2. The van der Waals surface area contributed by atoms with Gasteiger partial charge in [0.25, 0.3) is 5.91 Å². The molecule has 81 heavy (non-hydrogen) atoms. The number of unbranched alkanes of at least 4 members (excludes halogenated alkanes) is 2. The smallest absolute Gasteiger partial charge is 0.287 e. The Hall–Kier alpha value is -7.46. The quantitative estimate of drug-likeness (QED) is 0.0326. The topological polar surface area (TPSA) is 200 Å². The van der Waals surface area contributed by atoms with Crippen LogP contribution in [0.15, 0.2) is 180 Å². The van der Waals surface area contributed by atoms with Crippen molar-refractivity contribution in [3.8, 4) is 0 Å². The number of rotatable bonds is 22. The number of nitrogens with zero attached hydrogens (tertiary/aromatic N) is 2. The van der Waals surface area contributed by atoms with E-state index in [0.29, 0.717) is 83.1 Å². The van der Waals surface area contributed by atoms with Gasteiger partial charge < -0.3 is 52.3 Å². The van der Waals surface area contributed by atoms with Crippen molar-refractivity contribution >= 4 is 34.6 Å². The zero-order valence-corrected chi connectivity index (χ0v) is 46.6. The summed E-state index contributed by atoms with van der Waals surface area (Å²) in [5, 5.41) is 17.7. The number of para-hydroxylation sites is 1. The van der Waals surface area contributed by atoms with E-state index in [2.05, 4.69) is 112 Å². The molecule has 7 aromatic rings. The monoisotopic (exact) mass is 1090 g/mol. The lowest BCUT2D eigenvalue weighted by Crippen LogP contribution is -2.52. The molecule has 1 unspecified atom stereocenters. The van der Waals surface area contributed by atoms with E-state index in [-0.39, 0.29) is 65.7 Å². The highest BCUT2D eigenvalue weighted by Gasteiger charge is 2.35. The lowest BCUT2D eigenvalue weighted by atomic mass is 9.90. The fraction of sp³-hybridized carbons (Fsp3) is 0.373. The lowest BCUT2D eigenvalue weighted by Gasteiger charge is -2.29. The Bertz CT molecular complexity index is 2960. The number of hydrogen-bond donors (Lipinski definition) is 7. The van der Waals surface area contributed by atoms with Crippen molar-refractivity contribution in [2.75, 3.05) is 52.4 Å². The summed E-state index contributed by atoms with van der Waals surface area (Å²) in [5.41, 5.74) is 19.5. The van der Waals surface area contributed by atoms with Crippen LogP contribution in [0, 0.1) is 0 Å². The molecule has 0 saturated carbocycles. The highest BCUT2D eigenvalue weighted by atomic mass is 16.3. The summed E-state index contributed by atoms with van der Waals surface area (Å²) in [6.07, 6.45) is 7.15. The van der Waals surface area contributed by atoms with E-state index >= 15 is 0 Å². The Morgan fingerprint density at radius 2 is 1.00 bits per heavy atom. The third-order valence-electron chi connectivity index (χ3n) is 16.2. The minimum Gasteiger partial charge on any atom is -0.451 e. The molecule has 10 rings (SSSR count). The van der Waals surface area contributed by atoms with Gasteiger partial charge in [-0.2, -0.15) is 0 Å². The zero-order chi connectivity index (χ0) is 56.2. The lowest BCUT2D eigenvalue weighted by molar-refractivity contribution is -0.133. The molecular weight excluding hydrogens is 1010 g/mol. The summed E-state index contributed by atoms with van der Waals surface area (Å²) >= 11 is 0. The van der Waals surface area contributed by atoms with Crippen LogP contribution in [0.1, 0.15) is 107 Å². The molecule has 424 valence electrons. The Kier molecular flexibility index (Phi) is 21.4. The van der Waals surface area contributed by atoms with Crippen molar-refractivity contribution in [1.82, 2.24) is 36.4 Å². The maximum atomic E-state index is 13.9. The van der Waals surface area contributed by atoms with Gasteiger partial charge in [-0.15, -0.1) is 0 Å². The maximum absolute atomic E-state index is 13.9. The highest BCUT2D eigenvalue weighted by molar-refractivity contribution is 5.96. The Morgan fingerprint density at radius 1 is 0.556 bits per heavy atom. The van der Waals surface area contributed by atoms with Crippen molar-refractivity contribution in [3.63, 3.8) is 0 Å². The molecule has 2 fully saturated rings. The Balaban J connectivity index is 0.000000196. The molecule has 0 aliphatic carbocycles. The second-order valence-electron chi connectivity index (χ2n) is 21.8. The van der Waals surface area contributed by atoms with Crippen LogP contribution >= 0.6 is 0 Å². The number of nitrogens with one attached hydrogen (secondary N) is 5. The molecule has 4 heterocycles. The van der Waals surface area contributed by atoms with Crippen LogP contribution in [0.3, 0.4) is 0 Å². The molecule has 9 N–H and O–H groups in total. The minimum absolute atomic E-state index is 0.0125. The van der Waals surface area contributed by atoms with E-state index in [0.717, 1.165) is 50.3 Å². The van der Waals surface area contributed by atoms with E-state index in [1.54, 1.807) is 6.07 Å². The molecule has 14 nitrogen and oxygen atoms in total. The summed E-state index contributed by atoms with van der Waals surface area (Å²) in [4.78, 5) is 57.9. The molecule has 14 heteroatoms. The average Bonchev–Trinajstić information content (AvgIpc) is 3.83. The molecular formula is C67H81N9O5. The van der Waals surface area contributed by atoms with Crippen molar-refractivity contribution in [1.29, 1.82) is 0 Å². The molecule has 0 bridgehead atoms. The first kappa shape index (κ1) is 58.2. The van der Waals surface area contributed by atoms with Crippen LogP contribution in [0.25, 0.3) is 11.0 Å². The summed E-state index contributed by atoms with van der Waals surface area (Å²) in [7, 11) is 0. The van der Waals surface area contributed by atoms with Crippen molar-refractivity contribution in [2.45, 2.75) is 106 Å². The predicted molar refractivity (Wildman–Crippen MR) is 321 cm³/mol. The van der Waals surface area contributed by atoms with Crippen LogP contribution in [-0.4, -0.2) is 116 Å². The van der Waals surface area contributed by atoms with Crippen molar-refractivity contribution in [2.24, 2.45) is 11.5 Å². The minimum atomic E-state index is -0.325. The molecule has 5 atom stereocenters. The van der Waals surface area contributed by atoms with Gasteiger partial charge in [-0.3, -0.25) is 19.2 Å². The number of hydrogen-bond acceptors (Lipinski definition) is 10. The van der Waals surface area contributed by atoms with E-state index in [9.17, 15) is 19.2 Å². The molecule has 6 aromatic carbocycles. The maximum Gasteiger partial charge on any atom is 0.287 e. The van der Waals surface area contributed by atoms with Crippen LogP contribution < -0.4 is 38.1 Å². The van der Waals surface area contributed by atoms with Crippen LogP contribution in [0.2, 0.25) is 0 Å². The number of amides is 4. The van der Waals surface area contributed by atoms with Crippen LogP contribution in [0.5, 0.6) is 0 Å². The molecule has 1 aromatic heterocycles. The first-order chi connectivity index (χ1) is 39.7. The third kappa shape index (κ3) is 16.1. The fourth-order valence-electron chi connectivity index (χ4n) is 11.6. The first-order valence-corrected chi connectivity index (χ1v) is 29.3. The van der Waals surface area contributed by atoms with Crippen molar-refractivity contribution < 1.29 is 23.6 Å². The standard InChI is InChI=1S/C34H43N5O2.C33H38N4O3/c35-19-10-9-17-31-34(41)39(24-30(25-11-3-1-4-12-25)26-13-5-2-6-14-26)20-18-29(38-31)23-37-33(40)32-21-27-15-7-8-16-28(27)22-36-32;34-19-10-9-16-29-33(39)37(23-28(24-11-3-1-4-12-24)25-13-5-2-6-14-25)20-18-27(36-29)22-35-32(38)31-21-26-15-7-8-17-30(26)40-31/h1-8,11-16,29-32,36,38H,9-10,17-24,35H2,(H,37,40);1-8,11-15,17,21,27-29,36H,9-10,16,18-20,22-23,34H2,(H,35,38)/t29-,31-,32?;27-,29-/m00/s1. The van der Waals surface area contributed by atoms with E-state index in [4.69, 9.17) is 15.9 Å². The van der Waals surface area contributed by atoms with Gasteiger partial charge >= 0.3 is 0 Å². The Morgan fingerprint density at radius 3 is 1.48 bits per heavy atom. The van der Waals surface area contributed by atoms with Gasteiger partial charge in [-0.05, 0) is 104 Å². The van der Waals surface area contributed by atoms with Crippen LogP contribution in [-0.2, 0) is 27.3 Å². The largest absolute Gasteiger partial charge is 0.451 e. The number of benzene rings is 6. The molecule has 0 spiro atoms. The number of nitrogens with two attached hydrogens (primary N) is 2. The number of carbonyl (C=O) groups is 4. The van der Waals surface area contributed by atoms with Gasteiger partial charge in [-0.1, -0.05) is 177 Å². The average molecular weight is 1090 g/mol. The second kappa shape index (κ2) is 29.8. The molecule has 3 aliphatic rings. The van der Waals surface area contributed by atoms with E-state index < -0.39 is 0 Å². The number of furan rings is 1. The summed E-state index contributed by atoms with van der Waals surface area (Å²) in [5.74, 6) is 0.460. The molecule has 0 radical (unpaired) electrons. The first-order valence-electron chi connectivity index (χ1n) is 29.3. The van der Waals surface area contributed by atoms with Crippen molar-refractivity contribution in [3.05, 3.63) is 215 Å². The molecule has 3 aliphatic heterocycles. The normalized spacial score (nSPS) is 19.3. The van der Waals surface area contributed by atoms with Gasteiger partial charge in [0, 0.05) is 75.1 Å². The third-order valence-corrected chi connectivity index (χ3v) is 16.2. The van der Waals surface area contributed by atoms with Gasteiger partial charge in [0.1, 0.15) is 5.58 Å². The molecule has 4 amide bonds. The summed E-state index contributed by atoms with van der Waals surface area (Å²) in [6.45, 7) is 5.29. The number of carbonyl (C=O) groups excluding carboxylic acids is 4. The zero-order valence-electron chi connectivity index (χ0n) is 46.6. The SMILES string of the molecule is NCCCC[C@@H]1N[C@H](CNC(=O)C2Cc3ccccc3CN2)CCN(CC(c2ccccc2)c2ccccc2)C1=O.NCCCC[C@@H]1N[C@H](CNC(=O)c2cc3ccccc3o2)CCN(CC(c2ccccc2)c2ccccc2)C1=O. The van der Waals surface area contributed by atoms with Crippen LogP contribution in [0.4, 0.5) is 0 Å². The van der Waals surface area contributed by atoms with E-state index in [1.165, 1.54) is 33.4 Å². The fourth-order valence-corrected chi connectivity index (χ4v) is 11.6. The van der Waals surface area contributed by atoms with Gasteiger partial charge in [-0.25, -0.2) is 0 Å². The second-order valence-corrected chi connectivity index (χ2v) is 21.8. The van der Waals surface area contributed by atoms with E-state index in [1.807, 2.05) is 94.7 Å². The van der Waals surface area contributed by atoms with Gasteiger partial charge in [0.05, 0.1) is 18.1 Å². The summed E-state index contributed by atoms with van der Waals surface area (Å²) in [6, 6.07) is 58.4. The highest BCUT2D eigenvalue weighted by Crippen LogP contribution is 2.29. The summed E-state index contributed by atoms with van der Waals surface area (Å²) < 4.78 is 5.74. The molecule has 2 saturated heterocycles. The predicted octanol–water partition coefficient (Wildman–Crippen LogP) is 8.02.